The molecule has 8 heteroatoms. The molecule has 1 N–H and O–H groups in total. The molecule has 130 valence electrons. The number of anilines is 1. The van der Waals surface area contributed by atoms with Gasteiger partial charge in [0.1, 0.15) is 5.75 Å². The van der Waals surface area contributed by atoms with Gasteiger partial charge in [-0.2, -0.15) is 0 Å². The largest absolute Gasteiger partial charge is 0.482 e. The summed E-state index contributed by atoms with van der Waals surface area (Å²) in [6, 6.07) is 9.01. The van der Waals surface area contributed by atoms with E-state index in [9.17, 15) is 14.4 Å². The van der Waals surface area contributed by atoms with Crippen LogP contribution in [-0.2, 0) is 16.1 Å². The molecule has 0 saturated carbocycles. The van der Waals surface area contributed by atoms with Crippen molar-refractivity contribution in [3.8, 4) is 5.75 Å². The molecule has 4 rings (SSSR count). The highest BCUT2D eigenvalue weighted by Gasteiger charge is 2.27. The molecule has 0 atom stereocenters. The number of thioether (sulfide) groups is 1. The van der Waals surface area contributed by atoms with Crippen molar-refractivity contribution in [1.29, 1.82) is 0 Å². The third-order valence-corrected chi connectivity index (χ3v) is 4.77. The summed E-state index contributed by atoms with van der Waals surface area (Å²) in [4.78, 5) is 41.3. The van der Waals surface area contributed by atoms with Crippen molar-refractivity contribution in [3.63, 3.8) is 0 Å². The number of benzene rings is 1. The Morgan fingerprint density at radius 3 is 2.73 bits per heavy atom. The normalized spacial score (nSPS) is 17.9. The Labute approximate surface area is 153 Å². The van der Waals surface area contributed by atoms with Crippen LogP contribution in [0.1, 0.15) is 11.1 Å². The predicted octanol–water partition coefficient (Wildman–Crippen LogP) is 2.33. The Morgan fingerprint density at radius 1 is 1.19 bits per heavy atom. The van der Waals surface area contributed by atoms with Gasteiger partial charge in [0.2, 0.25) is 0 Å². The van der Waals surface area contributed by atoms with Crippen LogP contribution in [0.25, 0.3) is 6.08 Å². The standard InChI is InChI=1S/C18H13N3O4S/c22-16-10-25-14-2-1-12(8-15-17(23)20-18(24)26-15)7-13(14)21(16)9-11-3-5-19-6-4-11/h1-8H,9-10H2,(H,20,23,24). The zero-order valence-corrected chi connectivity index (χ0v) is 14.3. The molecule has 0 unspecified atom stereocenters. The number of fused-ring (bicyclic) bond motifs is 1. The highest BCUT2D eigenvalue weighted by molar-refractivity contribution is 8.18. The zero-order chi connectivity index (χ0) is 18.1. The molecule has 7 nitrogen and oxygen atoms in total. The van der Waals surface area contributed by atoms with Crippen molar-refractivity contribution < 1.29 is 19.1 Å². The number of rotatable bonds is 3. The monoisotopic (exact) mass is 367 g/mol. The maximum atomic E-state index is 12.4. The Bertz CT molecular complexity index is 943. The Morgan fingerprint density at radius 2 is 2.00 bits per heavy atom. The third kappa shape index (κ3) is 3.18. The summed E-state index contributed by atoms with van der Waals surface area (Å²) in [5, 5.41) is 1.83. The first-order valence-electron chi connectivity index (χ1n) is 7.81. The molecule has 2 aliphatic rings. The van der Waals surface area contributed by atoms with Crippen molar-refractivity contribution in [2.75, 3.05) is 11.5 Å². The lowest BCUT2D eigenvalue weighted by atomic mass is 10.1. The average molecular weight is 367 g/mol. The van der Waals surface area contributed by atoms with Gasteiger partial charge in [0, 0.05) is 12.4 Å². The topological polar surface area (TPSA) is 88.6 Å². The van der Waals surface area contributed by atoms with Crippen molar-refractivity contribution in [2.45, 2.75) is 6.54 Å². The van der Waals surface area contributed by atoms with Crippen molar-refractivity contribution >= 4 is 40.6 Å². The van der Waals surface area contributed by atoms with Gasteiger partial charge in [-0.15, -0.1) is 0 Å². The van der Waals surface area contributed by atoms with Crippen LogP contribution in [0.4, 0.5) is 10.5 Å². The summed E-state index contributed by atoms with van der Waals surface area (Å²) in [7, 11) is 0. The van der Waals surface area contributed by atoms with Gasteiger partial charge < -0.3 is 9.64 Å². The first kappa shape index (κ1) is 16.3. The summed E-state index contributed by atoms with van der Waals surface area (Å²) >= 11 is 0.853. The molecule has 2 aliphatic heterocycles. The lowest BCUT2D eigenvalue weighted by Crippen LogP contribution is -2.38. The van der Waals surface area contributed by atoms with Crippen LogP contribution in [0.2, 0.25) is 0 Å². The van der Waals surface area contributed by atoms with E-state index in [1.165, 1.54) is 0 Å². The quantitative estimate of drug-likeness (QED) is 0.838. The Kier molecular flexibility index (Phi) is 4.18. The molecule has 1 fully saturated rings. The van der Waals surface area contributed by atoms with E-state index in [1.54, 1.807) is 41.6 Å². The van der Waals surface area contributed by atoms with Crippen molar-refractivity contribution in [2.24, 2.45) is 0 Å². The zero-order valence-electron chi connectivity index (χ0n) is 13.5. The second kappa shape index (κ2) is 6.64. The fourth-order valence-corrected chi connectivity index (χ4v) is 3.41. The Balaban J connectivity index is 1.68. The number of carbonyl (C=O) groups excluding carboxylic acids is 3. The van der Waals surface area contributed by atoms with E-state index in [1.807, 2.05) is 12.1 Å². The van der Waals surface area contributed by atoms with E-state index in [0.29, 0.717) is 28.5 Å². The maximum absolute atomic E-state index is 12.4. The summed E-state index contributed by atoms with van der Waals surface area (Å²) in [5.41, 5.74) is 2.28. The van der Waals surface area contributed by atoms with Gasteiger partial charge in [-0.1, -0.05) is 6.07 Å². The third-order valence-electron chi connectivity index (χ3n) is 3.96. The number of hydrogen-bond donors (Lipinski definition) is 1. The molecule has 0 aliphatic carbocycles. The van der Waals surface area contributed by atoms with Gasteiger partial charge in [-0.3, -0.25) is 24.7 Å². The smallest absolute Gasteiger partial charge is 0.290 e. The lowest BCUT2D eigenvalue weighted by Gasteiger charge is -2.29. The van der Waals surface area contributed by atoms with Crippen LogP contribution in [0.3, 0.4) is 0 Å². The van der Waals surface area contributed by atoms with Crippen LogP contribution < -0.4 is 15.0 Å². The molecule has 1 aromatic carbocycles. The van der Waals surface area contributed by atoms with Gasteiger partial charge >= 0.3 is 0 Å². The van der Waals surface area contributed by atoms with Crippen molar-refractivity contribution in [3.05, 3.63) is 58.8 Å². The lowest BCUT2D eigenvalue weighted by molar-refractivity contribution is -0.121. The molecule has 1 saturated heterocycles. The molecular formula is C18H13N3O4S. The number of nitrogens with one attached hydrogen (secondary N) is 1. The second-order valence-electron chi connectivity index (χ2n) is 5.70. The van der Waals surface area contributed by atoms with Gasteiger partial charge in [-0.25, -0.2) is 0 Å². The van der Waals surface area contributed by atoms with Crippen LogP contribution in [0, 0.1) is 0 Å². The van der Waals surface area contributed by atoms with E-state index in [0.717, 1.165) is 17.3 Å². The van der Waals surface area contributed by atoms with Crippen molar-refractivity contribution in [1.82, 2.24) is 10.3 Å². The average Bonchev–Trinajstić information content (AvgIpc) is 2.95. The number of aromatic nitrogens is 1. The molecular weight excluding hydrogens is 354 g/mol. The number of hydrogen-bond acceptors (Lipinski definition) is 6. The molecule has 0 radical (unpaired) electrons. The van der Waals surface area contributed by atoms with Crippen LogP contribution in [0.5, 0.6) is 5.75 Å². The highest BCUT2D eigenvalue weighted by atomic mass is 32.2. The van der Waals surface area contributed by atoms with Crippen LogP contribution in [-0.4, -0.2) is 28.6 Å². The SMILES string of the molecule is O=C1NC(=O)C(=Cc2ccc3c(c2)N(Cc2ccncc2)C(=O)CO3)S1. The van der Waals surface area contributed by atoms with E-state index in [-0.39, 0.29) is 12.5 Å². The summed E-state index contributed by atoms with van der Waals surface area (Å²) in [6.07, 6.45) is 4.97. The minimum absolute atomic E-state index is 0.0225. The van der Waals surface area contributed by atoms with Crippen LogP contribution >= 0.6 is 11.8 Å². The fourth-order valence-electron chi connectivity index (χ4n) is 2.73. The second-order valence-corrected chi connectivity index (χ2v) is 6.72. The molecule has 3 heterocycles. The van der Waals surface area contributed by atoms with Gasteiger partial charge in [0.25, 0.3) is 17.1 Å². The fraction of sp³-hybridized carbons (Fsp3) is 0.111. The Hall–Kier alpha value is -3.13. The number of ether oxygens (including phenoxy) is 1. The summed E-state index contributed by atoms with van der Waals surface area (Å²) in [6.45, 7) is 0.372. The van der Waals surface area contributed by atoms with Crippen LogP contribution in [0.15, 0.2) is 47.6 Å². The van der Waals surface area contributed by atoms with Gasteiger partial charge in [0.05, 0.1) is 17.1 Å². The number of pyridine rings is 1. The first-order chi connectivity index (χ1) is 12.6. The highest BCUT2D eigenvalue weighted by Crippen LogP contribution is 2.35. The number of imide groups is 1. The maximum Gasteiger partial charge on any atom is 0.290 e. The van der Waals surface area contributed by atoms with E-state index < -0.39 is 11.1 Å². The molecule has 1 aromatic heterocycles. The minimum atomic E-state index is -0.418. The molecule has 0 spiro atoms. The van der Waals surface area contributed by atoms with E-state index >= 15 is 0 Å². The predicted molar refractivity (Wildman–Crippen MR) is 96.5 cm³/mol. The summed E-state index contributed by atoms with van der Waals surface area (Å²) in [5.74, 6) is 0.0291. The van der Waals surface area contributed by atoms with Gasteiger partial charge in [-0.05, 0) is 53.2 Å². The number of nitrogens with zero attached hydrogens (tertiary/aromatic N) is 2. The van der Waals surface area contributed by atoms with Gasteiger partial charge in [0.15, 0.2) is 6.61 Å². The molecule has 0 bridgehead atoms. The minimum Gasteiger partial charge on any atom is -0.482 e. The molecule has 26 heavy (non-hydrogen) atoms. The number of carbonyl (C=O) groups is 3. The van der Waals surface area contributed by atoms with E-state index in [4.69, 9.17) is 4.74 Å². The molecule has 3 amide bonds. The first-order valence-corrected chi connectivity index (χ1v) is 8.63. The number of amides is 3. The molecule has 2 aromatic rings. The van der Waals surface area contributed by atoms with E-state index in [2.05, 4.69) is 10.3 Å². The summed E-state index contributed by atoms with van der Waals surface area (Å²) < 4.78 is 5.50.